The van der Waals surface area contributed by atoms with Crippen LogP contribution in [0.1, 0.15) is 43.2 Å². The Morgan fingerprint density at radius 1 is 1.47 bits per heavy atom. The van der Waals surface area contributed by atoms with E-state index in [-0.39, 0.29) is 30.4 Å². The summed E-state index contributed by atoms with van der Waals surface area (Å²) in [5, 5.41) is 7.20. The Balaban J connectivity index is 0.00000133. The quantitative estimate of drug-likeness (QED) is 0.900. The molecule has 1 aromatic heterocycles. The fourth-order valence-electron chi connectivity index (χ4n) is 2.96. The fourth-order valence-corrected chi connectivity index (χ4v) is 2.96. The summed E-state index contributed by atoms with van der Waals surface area (Å²) in [6.07, 6.45) is 4.07. The van der Waals surface area contributed by atoms with Crippen molar-refractivity contribution in [2.75, 3.05) is 13.1 Å². The highest BCUT2D eigenvalue weighted by Gasteiger charge is 2.36. The number of carbonyl (C=O) groups excluding carboxylic acids is 1. The van der Waals surface area contributed by atoms with E-state index >= 15 is 0 Å². The average Bonchev–Trinajstić information content (AvgIpc) is 3.09. The van der Waals surface area contributed by atoms with Gasteiger partial charge in [-0.15, -0.1) is 12.4 Å². The molecule has 3 rings (SSSR count). The molecule has 106 valence electrons. The molecule has 1 amide bonds. The zero-order chi connectivity index (χ0) is 12.5. The first-order valence-electron chi connectivity index (χ1n) is 6.73. The van der Waals surface area contributed by atoms with Crippen LogP contribution in [0.15, 0.2) is 10.6 Å². The maximum atomic E-state index is 12.4. The van der Waals surface area contributed by atoms with Gasteiger partial charge >= 0.3 is 0 Å². The lowest BCUT2D eigenvalue weighted by atomic mass is 10.1. The van der Waals surface area contributed by atoms with Crippen molar-refractivity contribution in [3.63, 3.8) is 0 Å². The number of aryl methyl sites for hydroxylation is 1. The number of nitrogens with one attached hydrogen (secondary N) is 1. The van der Waals surface area contributed by atoms with Crippen molar-refractivity contribution in [1.82, 2.24) is 15.4 Å². The van der Waals surface area contributed by atoms with E-state index in [1.807, 2.05) is 17.9 Å². The van der Waals surface area contributed by atoms with Crippen molar-refractivity contribution >= 4 is 18.3 Å². The van der Waals surface area contributed by atoms with Crippen LogP contribution in [0.5, 0.6) is 0 Å². The van der Waals surface area contributed by atoms with E-state index in [1.165, 1.54) is 0 Å². The predicted molar refractivity (Wildman–Crippen MR) is 73.2 cm³/mol. The van der Waals surface area contributed by atoms with Gasteiger partial charge in [-0.3, -0.25) is 4.79 Å². The number of likely N-dealkylation sites (tertiary alicyclic amines) is 1. The molecule has 5 nitrogen and oxygen atoms in total. The first-order valence-corrected chi connectivity index (χ1v) is 6.73. The molecule has 2 aliphatic rings. The molecule has 1 aromatic rings. The highest BCUT2D eigenvalue weighted by molar-refractivity contribution is 5.85. The Labute approximate surface area is 119 Å². The third kappa shape index (κ3) is 2.77. The second kappa shape index (κ2) is 5.92. The molecule has 2 atom stereocenters. The number of nitrogens with zero attached hydrogens (tertiary/aromatic N) is 2. The minimum absolute atomic E-state index is 0. The standard InChI is InChI=1S/C13H19N3O2.ClH/c1-9-8-12(18-15-9)11-5-3-7-16(11)13(17)10-4-2-6-14-10;/h8,10-11,14H,2-7H2,1H3;1H. The van der Waals surface area contributed by atoms with Crippen LogP contribution in [0, 0.1) is 6.92 Å². The van der Waals surface area contributed by atoms with E-state index in [9.17, 15) is 4.79 Å². The van der Waals surface area contributed by atoms with Gasteiger partial charge in [-0.2, -0.15) is 0 Å². The average molecular weight is 286 g/mol. The van der Waals surface area contributed by atoms with Crippen molar-refractivity contribution in [1.29, 1.82) is 0 Å². The van der Waals surface area contributed by atoms with Gasteiger partial charge in [-0.05, 0) is 39.2 Å². The lowest BCUT2D eigenvalue weighted by Gasteiger charge is -2.25. The van der Waals surface area contributed by atoms with Gasteiger partial charge < -0.3 is 14.7 Å². The molecule has 0 aromatic carbocycles. The number of amides is 1. The highest BCUT2D eigenvalue weighted by atomic mass is 35.5. The molecular weight excluding hydrogens is 266 g/mol. The number of hydrogen-bond donors (Lipinski definition) is 1. The fraction of sp³-hybridized carbons (Fsp3) is 0.692. The summed E-state index contributed by atoms with van der Waals surface area (Å²) in [7, 11) is 0. The van der Waals surface area contributed by atoms with Crippen LogP contribution >= 0.6 is 12.4 Å². The van der Waals surface area contributed by atoms with Crippen LogP contribution in [0.2, 0.25) is 0 Å². The molecule has 0 bridgehead atoms. The van der Waals surface area contributed by atoms with E-state index in [4.69, 9.17) is 4.52 Å². The van der Waals surface area contributed by atoms with Crippen LogP contribution in [0.4, 0.5) is 0 Å². The van der Waals surface area contributed by atoms with Gasteiger partial charge in [0.1, 0.15) is 0 Å². The van der Waals surface area contributed by atoms with Gasteiger partial charge in [0.25, 0.3) is 0 Å². The number of halogens is 1. The van der Waals surface area contributed by atoms with E-state index in [0.29, 0.717) is 0 Å². The van der Waals surface area contributed by atoms with Crippen LogP contribution in [-0.4, -0.2) is 35.1 Å². The monoisotopic (exact) mass is 285 g/mol. The highest BCUT2D eigenvalue weighted by Crippen LogP contribution is 2.33. The summed E-state index contributed by atoms with van der Waals surface area (Å²) in [4.78, 5) is 14.4. The Bertz CT molecular complexity index is 443. The third-order valence-electron chi connectivity index (χ3n) is 3.87. The molecule has 0 saturated carbocycles. The van der Waals surface area contributed by atoms with Crippen molar-refractivity contribution in [3.8, 4) is 0 Å². The number of rotatable bonds is 2. The molecule has 19 heavy (non-hydrogen) atoms. The Kier molecular flexibility index (Phi) is 4.47. The lowest BCUT2D eigenvalue weighted by Crippen LogP contribution is -2.43. The van der Waals surface area contributed by atoms with Crippen LogP contribution in [0.25, 0.3) is 0 Å². The molecule has 6 heteroatoms. The topological polar surface area (TPSA) is 58.4 Å². The summed E-state index contributed by atoms with van der Waals surface area (Å²) in [6, 6.07) is 2.04. The van der Waals surface area contributed by atoms with Crippen molar-refractivity contribution < 1.29 is 9.32 Å². The van der Waals surface area contributed by atoms with Gasteiger partial charge in [0, 0.05) is 12.6 Å². The minimum Gasteiger partial charge on any atom is -0.359 e. The Morgan fingerprint density at radius 3 is 2.95 bits per heavy atom. The number of carbonyl (C=O) groups is 1. The van der Waals surface area contributed by atoms with Gasteiger partial charge in [0.2, 0.25) is 5.91 Å². The van der Waals surface area contributed by atoms with Crippen molar-refractivity contribution in [2.24, 2.45) is 0 Å². The van der Waals surface area contributed by atoms with Crippen molar-refractivity contribution in [2.45, 2.75) is 44.7 Å². The second-order valence-corrected chi connectivity index (χ2v) is 5.21. The number of hydrogen-bond acceptors (Lipinski definition) is 4. The molecule has 2 aliphatic heterocycles. The summed E-state index contributed by atoms with van der Waals surface area (Å²) in [5.74, 6) is 1.06. The maximum Gasteiger partial charge on any atom is 0.240 e. The van der Waals surface area contributed by atoms with E-state index in [1.54, 1.807) is 0 Å². The Morgan fingerprint density at radius 2 is 2.32 bits per heavy atom. The van der Waals surface area contributed by atoms with Crippen LogP contribution in [-0.2, 0) is 4.79 Å². The molecule has 2 unspecified atom stereocenters. The summed E-state index contributed by atoms with van der Waals surface area (Å²) >= 11 is 0. The first kappa shape index (κ1) is 14.3. The van der Waals surface area contributed by atoms with E-state index < -0.39 is 0 Å². The van der Waals surface area contributed by atoms with E-state index in [0.717, 1.165) is 50.2 Å². The van der Waals surface area contributed by atoms with Gasteiger partial charge in [-0.25, -0.2) is 0 Å². The summed E-state index contributed by atoms with van der Waals surface area (Å²) in [5.41, 5.74) is 0.878. The van der Waals surface area contributed by atoms with Crippen molar-refractivity contribution in [3.05, 3.63) is 17.5 Å². The molecule has 3 heterocycles. The molecule has 0 spiro atoms. The molecule has 0 radical (unpaired) electrons. The van der Waals surface area contributed by atoms with Gasteiger partial charge in [-0.1, -0.05) is 5.16 Å². The lowest BCUT2D eigenvalue weighted by molar-refractivity contribution is -0.134. The summed E-state index contributed by atoms with van der Waals surface area (Å²) < 4.78 is 5.33. The zero-order valence-electron chi connectivity index (χ0n) is 11.1. The van der Waals surface area contributed by atoms with Gasteiger partial charge in [0.05, 0.1) is 17.8 Å². The molecule has 1 N–H and O–H groups in total. The van der Waals surface area contributed by atoms with E-state index in [2.05, 4.69) is 10.5 Å². The van der Waals surface area contributed by atoms with Crippen LogP contribution in [0.3, 0.4) is 0 Å². The SMILES string of the molecule is Cc1cc(C2CCCN2C(=O)C2CCCN2)on1.Cl. The smallest absolute Gasteiger partial charge is 0.240 e. The maximum absolute atomic E-state index is 12.4. The molecular formula is C13H20ClN3O2. The zero-order valence-corrected chi connectivity index (χ0v) is 11.9. The summed E-state index contributed by atoms with van der Waals surface area (Å²) in [6.45, 7) is 3.70. The second-order valence-electron chi connectivity index (χ2n) is 5.21. The molecule has 0 aliphatic carbocycles. The third-order valence-corrected chi connectivity index (χ3v) is 3.87. The first-order chi connectivity index (χ1) is 8.75. The number of aromatic nitrogens is 1. The normalized spacial score (nSPS) is 26.5. The molecule has 2 saturated heterocycles. The predicted octanol–water partition coefficient (Wildman–Crippen LogP) is 1.82. The molecule has 2 fully saturated rings. The largest absolute Gasteiger partial charge is 0.359 e. The van der Waals surface area contributed by atoms with Crippen LogP contribution < -0.4 is 5.32 Å². The minimum atomic E-state index is 0. The Hall–Kier alpha value is -1.07. The van der Waals surface area contributed by atoms with Gasteiger partial charge in [0.15, 0.2) is 5.76 Å².